The van der Waals surface area contributed by atoms with Crippen LogP contribution in [0.1, 0.15) is 19.4 Å². The van der Waals surface area contributed by atoms with Crippen molar-refractivity contribution in [2.75, 3.05) is 6.61 Å². The summed E-state index contributed by atoms with van der Waals surface area (Å²) in [5.74, 6) is 0.308. The van der Waals surface area contributed by atoms with Gasteiger partial charge in [0.1, 0.15) is 30.0 Å². The van der Waals surface area contributed by atoms with E-state index in [0.717, 1.165) is 5.56 Å². The van der Waals surface area contributed by atoms with Crippen molar-refractivity contribution >= 4 is 23.2 Å². The van der Waals surface area contributed by atoms with Gasteiger partial charge < -0.3 is 14.6 Å². The molecule has 1 N–H and O–H groups in total. The van der Waals surface area contributed by atoms with Crippen LogP contribution in [0.4, 0.5) is 0 Å². The van der Waals surface area contributed by atoms with E-state index in [4.69, 9.17) is 32.7 Å². The topological polar surface area (TPSA) is 82.3 Å². The second kappa shape index (κ2) is 9.09. The fourth-order valence-corrected chi connectivity index (χ4v) is 2.92. The minimum atomic E-state index is -1.45. The van der Waals surface area contributed by atoms with Gasteiger partial charge in [-0.2, -0.15) is 5.10 Å². The Morgan fingerprint density at radius 1 is 1.10 bits per heavy atom. The maximum absolute atomic E-state index is 11.5. The maximum Gasteiger partial charge on any atom is 0.214 e. The van der Waals surface area contributed by atoms with Crippen LogP contribution in [0.2, 0.25) is 10.2 Å². The van der Waals surface area contributed by atoms with Gasteiger partial charge in [-0.25, -0.2) is 14.6 Å². The van der Waals surface area contributed by atoms with Gasteiger partial charge in [0.05, 0.1) is 18.8 Å². The fraction of sp³-hybridized carbons (Fsp3) is 0.350. The van der Waals surface area contributed by atoms with Crippen LogP contribution >= 0.6 is 23.2 Å². The Labute approximate surface area is 179 Å². The summed E-state index contributed by atoms with van der Waals surface area (Å²) in [6.45, 7) is 3.91. The molecule has 1 atom stereocenters. The predicted octanol–water partition coefficient (Wildman–Crippen LogP) is 3.79. The average molecular weight is 437 g/mol. The Morgan fingerprint density at radius 3 is 2.52 bits per heavy atom. The number of hydrogen-bond donors (Lipinski definition) is 1. The summed E-state index contributed by atoms with van der Waals surface area (Å²) in [5.41, 5.74) is -1.52. The normalized spacial score (nSPS) is 13.8. The number of benzene rings is 1. The molecule has 0 saturated heterocycles. The Hall–Kier alpha value is -2.19. The number of halogens is 2. The molecule has 2 aromatic heterocycles. The molecule has 9 heteroatoms. The van der Waals surface area contributed by atoms with Crippen molar-refractivity contribution in [3.05, 3.63) is 70.9 Å². The molecule has 29 heavy (non-hydrogen) atoms. The number of pyridine rings is 1. The first kappa shape index (κ1) is 21.5. The van der Waals surface area contributed by atoms with Crippen LogP contribution in [0.25, 0.3) is 0 Å². The third-order valence-electron chi connectivity index (χ3n) is 4.67. The van der Waals surface area contributed by atoms with E-state index in [-0.39, 0.29) is 13.2 Å². The average Bonchev–Trinajstić information content (AvgIpc) is 3.19. The standard InChI is InChI=1S/C20H22Cl2N4O3/c1-19(2,29-10-15-6-8-16(21)9-7-15)20(27,11-26-14-23-13-24-26)12-28-18-5-3-4-17(22)25-18/h3-9,13-14,27H,10-12H2,1-2H3. The summed E-state index contributed by atoms with van der Waals surface area (Å²) in [6, 6.07) is 12.4. The predicted molar refractivity (Wildman–Crippen MR) is 110 cm³/mol. The zero-order chi connectivity index (χ0) is 20.9. The quantitative estimate of drug-likeness (QED) is 0.513. The Morgan fingerprint density at radius 2 is 1.86 bits per heavy atom. The van der Waals surface area contributed by atoms with E-state index in [9.17, 15) is 5.11 Å². The molecule has 0 aliphatic heterocycles. The van der Waals surface area contributed by atoms with E-state index in [1.54, 1.807) is 44.2 Å². The first-order chi connectivity index (χ1) is 13.8. The van der Waals surface area contributed by atoms with Crippen molar-refractivity contribution < 1.29 is 14.6 Å². The van der Waals surface area contributed by atoms with Crippen LogP contribution in [0, 0.1) is 0 Å². The summed E-state index contributed by atoms with van der Waals surface area (Å²) < 4.78 is 13.4. The van der Waals surface area contributed by atoms with Gasteiger partial charge in [-0.15, -0.1) is 0 Å². The van der Waals surface area contributed by atoms with Gasteiger partial charge in [0, 0.05) is 11.1 Å². The third kappa shape index (κ3) is 5.67. The molecule has 0 spiro atoms. The minimum absolute atomic E-state index is 0.0895. The molecule has 0 bridgehead atoms. The summed E-state index contributed by atoms with van der Waals surface area (Å²) in [7, 11) is 0. The molecule has 0 aliphatic carbocycles. The van der Waals surface area contributed by atoms with Gasteiger partial charge in [-0.05, 0) is 37.6 Å². The summed E-state index contributed by atoms with van der Waals surface area (Å²) in [6.07, 6.45) is 2.93. The van der Waals surface area contributed by atoms with Gasteiger partial charge >= 0.3 is 0 Å². The van der Waals surface area contributed by atoms with Crippen LogP contribution in [-0.4, -0.2) is 42.7 Å². The van der Waals surface area contributed by atoms with Gasteiger partial charge in [-0.1, -0.05) is 41.4 Å². The zero-order valence-electron chi connectivity index (χ0n) is 16.1. The smallest absolute Gasteiger partial charge is 0.214 e. The highest BCUT2D eigenvalue weighted by molar-refractivity contribution is 6.30. The maximum atomic E-state index is 11.5. The lowest BCUT2D eigenvalue weighted by Gasteiger charge is -2.41. The highest BCUT2D eigenvalue weighted by Crippen LogP contribution is 2.30. The molecular weight excluding hydrogens is 415 g/mol. The lowest BCUT2D eigenvalue weighted by atomic mass is 9.86. The van der Waals surface area contributed by atoms with Crippen LogP contribution in [0.15, 0.2) is 55.1 Å². The van der Waals surface area contributed by atoms with Crippen molar-refractivity contribution in [3.8, 4) is 5.88 Å². The van der Waals surface area contributed by atoms with Gasteiger partial charge in [0.15, 0.2) is 0 Å². The number of hydrogen-bond acceptors (Lipinski definition) is 6. The molecule has 0 fully saturated rings. The highest BCUT2D eigenvalue weighted by atomic mass is 35.5. The molecular formula is C20H22Cl2N4O3. The van der Waals surface area contributed by atoms with Crippen molar-refractivity contribution in [3.63, 3.8) is 0 Å². The van der Waals surface area contributed by atoms with Crippen LogP contribution < -0.4 is 4.74 Å². The second-order valence-electron chi connectivity index (χ2n) is 7.14. The Kier molecular flexibility index (Phi) is 6.74. The molecule has 0 saturated carbocycles. The SMILES string of the molecule is CC(C)(OCc1ccc(Cl)cc1)C(O)(COc1cccc(Cl)n1)Cn1cncn1. The molecule has 1 aromatic carbocycles. The number of ether oxygens (including phenoxy) is 2. The van der Waals surface area contributed by atoms with E-state index in [1.165, 1.54) is 17.3 Å². The zero-order valence-corrected chi connectivity index (χ0v) is 17.6. The molecule has 0 amide bonds. The summed E-state index contributed by atoms with van der Waals surface area (Å²) in [5, 5.41) is 16.6. The Bertz CT molecular complexity index is 920. The van der Waals surface area contributed by atoms with E-state index in [2.05, 4.69) is 15.1 Å². The van der Waals surface area contributed by atoms with E-state index in [0.29, 0.717) is 22.7 Å². The minimum Gasteiger partial charge on any atom is -0.474 e. The van der Waals surface area contributed by atoms with Crippen LogP contribution in [0.5, 0.6) is 5.88 Å². The molecule has 3 rings (SSSR count). The van der Waals surface area contributed by atoms with Crippen LogP contribution in [-0.2, 0) is 17.9 Å². The highest BCUT2D eigenvalue weighted by Gasteiger charge is 2.46. The van der Waals surface area contributed by atoms with Crippen molar-refractivity contribution in [1.82, 2.24) is 19.7 Å². The molecule has 7 nitrogen and oxygen atoms in total. The van der Waals surface area contributed by atoms with Crippen LogP contribution in [0.3, 0.4) is 0 Å². The monoisotopic (exact) mass is 436 g/mol. The van der Waals surface area contributed by atoms with Crippen molar-refractivity contribution in [2.45, 2.75) is 38.2 Å². The molecule has 154 valence electrons. The third-order valence-corrected chi connectivity index (χ3v) is 5.13. The number of rotatable bonds is 9. The van der Waals surface area contributed by atoms with Crippen molar-refractivity contribution in [2.24, 2.45) is 0 Å². The van der Waals surface area contributed by atoms with Gasteiger partial charge in [-0.3, -0.25) is 0 Å². The lowest BCUT2D eigenvalue weighted by molar-refractivity contribution is -0.192. The van der Waals surface area contributed by atoms with Gasteiger partial charge in [0.2, 0.25) is 5.88 Å². The van der Waals surface area contributed by atoms with Gasteiger partial charge in [0.25, 0.3) is 0 Å². The first-order valence-corrected chi connectivity index (χ1v) is 9.72. The Balaban J connectivity index is 1.77. The molecule has 3 aromatic rings. The number of nitrogens with zero attached hydrogens (tertiary/aromatic N) is 4. The first-order valence-electron chi connectivity index (χ1n) is 8.96. The second-order valence-corrected chi connectivity index (χ2v) is 7.96. The van der Waals surface area contributed by atoms with E-state index >= 15 is 0 Å². The lowest BCUT2D eigenvalue weighted by Crippen LogP contribution is -2.58. The molecule has 0 radical (unpaired) electrons. The number of aliphatic hydroxyl groups is 1. The largest absolute Gasteiger partial charge is 0.474 e. The fourth-order valence-electron chi connectivity index (χ4n) is 2.63. The molecule has 2 heterocycles. The van der Waals surface area contributed by atoms with E-state index in [1.807, 2.05) is 12.1 Å². The van der Waals surface area contributed by atoms with E-state index < -0.39 is 11.2 Å². The summed E-state index contributed by atoms with van der Waals surface area (Å²) in [4.78, 5) is 8.04. The number of aromatic nitrogens is 4. The summed E-state index contributed by atoms with van der Waals surface area (Å²) >= 11 is 11.9. The molecule has 1 unspecified atom stereocenters. The van der Waals surface area contributed by atoms with Crippen molar-refractivity contribution in [1.29, 1.82) is 0 Å². The molecule has 0 aliphatic rings.